The van der Waals surface area contributed by atoms with Gasteiger partial charge in [0.1, 0.15) is 45.7 Å². The summed E-state index contributed by atoms with van der Waals surface area (Å²) < 4.78 is 0. The third-order valence-corrected chi connectivity index (χ3v) is 14.0. The van der Waals surface area contributed by atoms with E-state index in [9.17, 15) is 69.6 Å². The molecule has 18 nitrogen and oxygen atoms in total. The Morgan fingerprint density at radius 1 is 0.621 bits per heavy atom. The van der Waals surface area contributed by atoms with Crippen molar-refractivity contribution in [3.05, 3.63) is 91.5 Å². The van der Waals surface area contributed by atoms with Crippen LogP contribution in [0.3, 0.4) is 0 Å². The second-order valence-electron chi connectivity index (χ2n) is 18.0. The highest BCUT2D eigenvalue weighted by Crippen LogP contribution is 2.55. The van der Waals surface area contributed by atoms with Gasteiger partial charge in [0.05, 0.1) is 23.2 Å². The van der Waals surface area contributed by atoms with Crippen LogP contribution in [0.4, 0.5) is 0 Å². The van der Waals surface area contributed by atoms with Crippen LogP contribution >= 0.6 is 0 Å². The SMILES string of the molecule is CN(C)[C@@H]1C(=O)C(C(N)=O)=C(O)[C@@]2(O)C(=O)C3=C(O)c4c(O)ccc(C#CCCC#Cc5ccc(O)c6c5C[C@H]5C[C@H]7[C@H](N(C)C)C(=O)C(C(N)=O)=C(O)[C@@]7(O)C(=O)C5=C6O)c4C[C@@H]3C[C@@H]12. The molecule has 2 amide bonds. The lowest BCUT2D eigenvalue weighted by molar-refractivity contribution is -0.155. The summed E-state index contributed by atoms with van der Waals surface area (Å²) in [5.41, 5.74) is 4.28. The number of phenolic OH excluding ortho intramolecular Hbond substituents is 2. The molecule has 8 atom stereocenters. The Morgan fingerprint density at radius 3 is 1.29 bits per heavy atom. The molecule has 0 unspecified atom stereocenters. The van der Waals surface area contributed by atoms with Gasteiger partial charge in [-0.1, -0.05) is 23.7 Å². The predicted octanol–water partition coefficient (Wildman–Crippen LogP) is 0.425. The van der Waals surface area contributed by atoms with E-state index in [4.69, 9.17) is 11.5 Å². The molecule has 66 heavy (non-hydrogen) atoms. The van der Waals surface area contributed by atoms with Gasteiger partial charge < -0.3 is 52.3 Å². The van der Waals surface area contributed by atoms with Crippen molar-refractivity contribution >= 4 is 46.5 Å². The molecule has 6 aliphatic carbocycles. The van der Waals surface area contributed by atoms with Crippen LogP contribution < -0.4 is 11.5 Å². The number of fused-ring (bicyclic) bond motifs is 6. The lowest BCUT2D eigenvalue weighted by Gasteiger charge is -2.50. The van der Waals surface area contributed by atoms with E-state index in [1.807, 2.05) is 0 Å². The third kappa shape index (κ3) is 6.28. The van der Waals surface area contributed by atoms with Gasteiger partial charge in [0.15, 0.2) is 22.8 Å². The van der Waals surface area contributed by atoms with Crippen LogP contribution in [0.1, 0.15) is 59.1 Å². The molecule has 0 aliphatic heterocycles. The third-order valence-electron chi connectivity index (χ3n) is 14.0. The van der Waals surface area contributed by atoms with Gasteiger partial charge in [0.2, 0.25) is 11.6 Å². The molecule has 18 heteroatoms. The van der Waals surface area contributed by atoms with Crippen LogP contribution in [-0.2, 0) is 41.6 Å². The molecule has 12 N–H and O–H groups in total. The zero-order chi connectivity index (χ0) is 48.2. The molecular weight excluding hydrogens is 857 g/mol. The molecular formula is C48H46N4O14. The van der Waals surface area contributed by atoms with E-state index in [-0.39, 0.29) is 72.3 Å². The van der Waals surface area contributed by atoms with E-state index in [0.717, 1.165) is 0 Å². The summed E-state index contributed by atoms with van der Waals surface area (Å²) >= 11 is 0. The van der Waals surface area contributed by atoms with Crippen molar-refractivity contribution in [3.8, 4) is 35.2 Å². The number of aliphatic hydroxyl groups is 6. The smallest absolute Gasteiger partial charge is 0.255 e. The molecule has 2 fully saturated rings. The number of rotatable bonds is 5. The number of primary amides is 2. The van der Waals surface area contributed by atoms with Gasteiger partial charge in [0, 0.05) is 47.0 Å². The Bertz CT molecular complexity index is 2720. The van der Waals surface area contributed by atoms with Crippen molar-refractivity contribution in [1.82, 2.24) is 9.80 Å². The molecule has 2 aromatic rings. The monoisotopic (exact) mass is 902 g/mol. The van der Waals surface area contributed by atoms with Crippen LogP contribution in [-0.4, -0.2) is 137 Å². The van der Waals surface area contributed by atoms with E-state index < -0.39 is 116 Å². The first-order valence-corrected chi connectivity index (χ1v) is 21.0. The molecule has 0 heterocycles. The number of benzene rings is 2. The summed E-state index contributed by atoms with van der Waals surface area (Å²) in [6.45, 7) is 0. The maximum Gasteiger partial charge on any atom is 0.255 e. The average Bonchev–Trinajstić information content (AvgIpc) is 3.22. The Hall–Kier alpha value is -7.22. The molecule has 342 valence electrons. The van der Waals surface area contributed by atoms with Crippen molar-refractivity contribution in [3.63, 3.8) is 0 Å². The van der Waals surface area contributed by atoms with Crippen LogP contribution in [0.2, 0.25) is 0 Å². The first-order valence-electron chi connectivity index (χ1n) is 21.0. The summed E-state index contributed by atoms with van der Waals surface area (Å²) in [6.07, 6.45) is 0.345. The summed E-state index contributed by atoms with van der Waals surface area (Å²) in [5, 5.41) is 90.8. The van der Waals surface area contributed by atoms with Crippen LogP contribution in [0, 0.1) is 47.4 Å². The van der Waals surface area contributed by atoms with E-state index in [2.05, 4.69) is 23.7 Å². The Balaban J connectivity index is 1.07. The number of nitrogens with zero attached hydrogens (tertiary/aromatic N) is 2. The minimum Gasteiger partial charge on any atom is -0.508 e. The van der Waals surface area contributed by atoms with Gasteiger partial charge in [-0.3, -0.25) is 38.6 Å². The molecule has 8 rings (SSSR count). The van der Waals surface area contributed by atoms with Gasteiger partial charge in [-0.25, -0.2) is 0 Å². The van der Waals surface area contributed by atoms with Crippen LogP contribution in [0.15, 0.2) is 58.1 Å². The zero-order valence-corrected chi connectivity index (χ0v) is 36.1. The van der Waals surface area contributed by atoms with Crippen molar-refractivity contribution in [2.45, 2.75) is 61.8 Å². The molecule has 0 spiro atoms. The maximum atomic E-state index is 14.1. The summed E-state index contributed by atoms with van der Waals surface area (Å²) in [7, 11) is 6.05. The molecule has 2 saturated carbocycles. The van der Waals surface area contributed by atoms with Gasteiger partial charge in [0.25, 0.3) is 11.8 Å². The minimum atomic E-state index is -2.77. The largest absolute Gasteiger partial charge is 0.508 e. The normalized spacial score (nSPS) is 29.0. The van der Waals surface area contributed by atoms with Gasteiger partial charge in [-0.2, -0.15) is 0 Å². The van der Waals surface area contributed by atoms with E-state index in [1.54, 1.807) is 12.1 Å². The number of aliphatic hydroxyl groups excluding tert-OH is 4. The molecule has 2 aromatic carbocycles. The lowest BCUT2D eigenvalue weighted by Crippen LogP contribution is -2.65. The van der Waals surface area contributed by atoms with Crippen molar-refractivity contribution in [1.29, 1.82) is 0 Å². The quantitative estimate of drug-likeness (QED) is 0.110. The van der Waals surface area contributed by atoms with Gasteiger partial charge in [-0.15, -0.1) is 0 Å². The fourth-order valence-electron chi connectivity index (χ4n) is 11.2. The minimum absolute atomic E-state index is 0.0483. The van der Waals surface area contributed by atoms with E-state index in [0.29, 0.717) is 22.3 Å². The summed E-state index contributed by atoms with van der Waals surface area (Å²) in [4.78, 5) is 82.5. The highest BCUT2D eigenvalue weighted by atomic mass is 16.4. The second-order valence-corrected chi connectivity index (χ2v) is 18.0. The fraction of sp³-hybridized carbons (Fsp3) is 0.375. The lowest BCUT2D eigenvalue weighted by atomic mass is 9.57. The predicted molar refractivity (Wildman–Crippen MR) is 231 cm³/mol. The molecule has 0 bridgehead atoms. The number of Topliss-reactive ketones (excluding diaryl/α,β-unsaturated/α-hetero) is 4. The number of aromatic hydroxyl groups is 2. The molecule has 0 saturated heterocycles. The van der Waals surface area contributed by atoms with Gasteiger partial charge in [-0.05, 0) is 101 Å². The number of hydrogen-bond acceptors (Lipinski definition) is 16. The van der Waals surface area contributed by atoms with Crippen LogP contribution in [0.25, 0.3) is 11.5 Å². The first kappa shape index (κ1) is 45.4. The number of unbranched alkanes of at least 4 members (excludes halogenated alkanes) is 1. The van der Waals surface area contributed by atoms with Crippen molar-refractivity contribution in [2.24, 2.45) is 35.1 Å². The number of carbonyl (C=O) groups excluding carboxylic acids is 6. The van der Waals surface area contributed by atoms with Crippen LogP contribution in [0.5, 0.6) is 11.5 Å². The number of hydrogen-bond donors (Lipinski definition) is 10. The number of amides is 2. The maximum absolute atomic E-state index is 14.1. The Morgan fingerprint density at radius 2 is 0.970 bits per heavy atom. The average molecular weight is 903 g/mol. The van der Waals surface area contributed by atoms with Gasteiger partial charge >= 0.3 is 0 Å². The fourth-order valence-corrected chi connectivity index (χ4v) is 11.2. The van der Waals surface area contributed by atoms with Crippen molar-refractivity contribution in [2.75, 3.05) is 28.2 Å². The number of ketones is 4. The first-order chi connectivity index (χ1) is 31.0. The molecule has 6 aliphatic rings. The number of phenols is 2. The summed E-state index contributed by atoms with van der Waals surface area (Å²) in [6, 6.07) is 3.18. The summed E-state index contributed by atoms with van der Waals surface area (Å²) in [5.74, 6) is -2.99. The Kier molecular flexibility index (Phi) is 10.8. The Labute approximate surface area is 376 Å². The zero-order valence-electron chi connectivity index (χ0n) is 36.1. The number of likely N-dealkylation sites (N-methyl/N-ethyl adjacent to an activating group) is 2. The highest BCUT2D eigenvalue weighted by Gasteiger charge is 2.66. The van der Waals surface area contributed by atoms with Crippen molar-refractivity contribution < 1.29 is 69.6 Å². The molecule has 0 radical (unpaired) electrons. The standard InChI is InChI=1S/C48H46N4O14/c1-51(2)35-25-17-21-15-23-19(11-13-27(53)31(23)37(55)29(21)41(59)47(25,65)43(61)33(39(35)57)45(49)63)9-7-5-6-8-10-20-12-14-28(54)32-24(20)16-22-18-26-36(52(3)4)40(58)34(46(50)64)44(62)48(26,66)42(60)30(22)38(32)56/h11-14,21-22,25-26,35-36,53-56,61-62,65-66H,5-6,15-18H2,1-4H3,(H2,49,63)(H2,50,64)/t21-,22+,25-,26-,35-,36-,47-,48-/m0/s1. The number of nitrogens with two attached hydrogens (primary N) is 2. The number of carbonyl (C=O) groups is 6. The second kappa shape index (κ2) is 15.7. The molecule has 0 aromatic heterocycles. The highest BCUT2D eigenvalue weighted by molar-refractivity contribution is 6.25. The van der Waals surface area contributed by atoms with E-state index >= 15 is 0 Å². The van der Waals surface area contributed by atoms with E-state index in [1.165, 1.54) is 50.1 Å². The topological polar surface area (TPSA) is 323 Å².